The quantitative estimate of drug-likeness (QED) is 0.548. The lowest BCUT2D eigenvalue weighted by molar-refractivity contribution is 0.341. The van der Waals surface area contributed by atoms with E-state index in [1.807, 2.05) is 0 Å². The van der Waals surface area contributed by atoms with Crippen LogP contribution in [0.4, 0.5) is 0 Å². The van der Waals surface area contributed by atoms with Crippen LogP contribution in [0.25, 0.3) is 0 Å². The Morgan fingerprint density at radius 3 is 2.42 bits per heavy atom. The Labute approximate surface area is 77.1 Å². The van der Waals surface area contributed by atoms with E-state index in [0.29, 0.717) is 0 Å². The SMILES string of the molecule is CC(C)=CCCC1CCCCC1. The van der Waals surface area contributed by atoms with Gasteiger partial charge in [0.1, 0.15) is 0 Å². The highest BCUT2D eigenvalue weighted by atomic mass is 14.2. The third kappa shape index (κ3) is 3.94. The molecule has 1 fully saturated rings. The van der Waals surface area contributed by atoms with Gasteiger partial charge >= 0.3 is 0 Å². The fourth-order valence-corrected chi connectivity index (χ4v) is 2.08. The highest BCUT2D eigenvalue weighted by Crippen LogP contribution is 2.27. The van der Waals surface area contributed by atoms with Gasteiger partial charge < -0.3 is 0 Å². The average Bonchev–Trinajstić information content (AvgIpc) is 2.05. The van der Waals surface area contributed by atoms with Gasteiger partial charge in [0.2, 0.25) is 0 Å². The molecule has 1 rings (SSSR count). The van der Waals surface area contributed by atoms with Crippen LogP contribution >= 0.6 is 0 Å². The third-order valence-corrected chi connectivity index (χ3v) is 2.85. The van der Waals surface area contributed by atoms with Crippen LogP contribution in [-0.2, 0) is 0 Å². The zero-order valence-corrected chi connectivity index (χ0v) is 8.60. The Kier molecular flexibility index (Phi) is 4.42. The fourth-order valence-electron chi connectivity index (χ4n) is 2.08. The third-order valence-electron chi connectivity index (χ3n) is 2.85. The molecule has 0 atom stereocenters. The van der Waals surface area contributed by atoms with Crippen LogP contribution in [0.5, 0.6) is 0 Å². The zero-order valence-electron chi connectivity index (χ0n) is 8.60. The van der Waals surface area contributed by atoms with E-state index in [1.54, 1.807) is 0 Å². The van der Waals surface area contributed by atoms with Gasteiger partial charge in [-0.15, -0.1) is 0 Å². The van der Waals surface area contributed by atoms with Gasteiger partial charge in [0.25, 0.3) is 0 Å². The summed E-state index contributed by atoms with van der Waals surface area (Å²) in [5.41, 5.74) is 1.48. The van der Waals surface area contributed by atoms with Gasteiger partial charge in [-0.3, -0.25) is 0 Å². The summed E-state index contributed by atoms with van der Waals surface area (Å²) in [6.45, 7) is 4.39. The van der Waals surface area contributed by atoms with E-state index in [0.717, 1.165) is 5.92 Å². The summed E-state index contributed by atoms with van der Waals surface area (Å²) < 4.78 is 0. The molecule has 0 heterocycles. The van der Waals surface area contributed by atoms with Crippen molar-refractivity contribution in [2.45, 2.75) is 58.8 Å². The van der Waals surface area contributed by atoms with Gasteiger partial charge in [0.05, 0.1) is 0 Å². The number of rotatable bonds is 3. The molecule has 0 aliphatic heterocycles. The van der Waals surface area contributed by atoms with Gasteiger partial charge in [-0.25, -0.2) is 0 Å². The Bertz CT molecular complexity index is 134. The maximum absolute atomic E-state index is 2.38. The molecule has 0 amide bonds. The topological polar surface area (TPSA) is 0 Å². The predicted molar refractivity (Wildman–Crippen MR) is 55.2 cm³/mol. The van der Waals surface area contributed by atoms with Crippen LogP contribution in [-0.4, -0.2) is 0 Å². The number of allylic oxidation sites excluding steroid dienone is 2. The molecule has 0 saturated heterocycles. The average molecular weight is 166 g/mol. The second kappa shape index (κ2) is 5.40. The molecule has 0 aromatic rings. The predicted octanol–water partition coefficient (Wildman–Crippen LogP) is 4.31. The van der Waals surface area contributed by atoms with E-state index < -0.39 is 0 Å². The van der Waals surface area contributed by atoms with Crippen molar-refractivity contribution in [1.29, 1.82) is 0 Å². The minimum Gasteiger partial charge on any atom is -0.0859 e. The molecule has 0 aromatic carbocycles. The Hall–Kier alpha value is -0.260. The first-order chi connectivity index (χ1) is 5.79. The molecule has 1 aliphatic rings. The first-order valence-corrected chi connectivity index (χ1v) is 5.42. The van der Waals surface area contributed by atoms with Crippen molar-refractivity contribution in [3.05, 3.63) is 11.6 Å². The van der Waals surface area contributed by atoms with Crippen LogP contribution in [0, 0.1) is 5.92 Å². The molecule has 0 nitrogen and oxygen atoms in total. The molecule has 0 radical (unpaired) electrons. The van der Waals surface area contributed by atoms with E-state index in [1.165, 1.54) is 50.5 Å². The van der Waals surface area contributed by atoms with Crippen molar-refractivity contribution >= 4 is 0 Å². The molecule has 0 spiro atoms. The Balaban J connectivity index is 2.09. The van der Waals surface area contributed by atoms with Crippen LogP contribution in [0.3, 0.4) is 0 Å². The molecule has 70 valence electrons. The number of hydrogen-bond acceptors (Lipinski definition) is 0. The molecule has 0 unspecified atom stereocenters. The van der Waals surface area contributed by atoms with Gasteiger partial charge in [0, 0.05) is 0 Å². The van der Waals surface area contributed by atoms with E-state index in [2.05, 4.69) is 19.9 Å². The van der Waals surface area contributed by atoms with Crippen molar-refractivity contribution in [3.8, 4) is 0 Å². The summed E-state index contributed by atoms with van der Waals surface area (Å²) >= 11 is 0. The van der Waals surface area contributed by atoms with Gasteiger partial charge in [-0.05, 0) is 32.6 Å². The van der Waals surface area contributed by atoms with E-state index in [9.17, 15) is 0 Å². The highest BCUT2D eigenvalue weighted by Gasteiger charge is 2.11. The second-order valence-corrected chi connectivity index (χ2v) is 4.36. The first-order valence-electron chi connectivity index (χ1n) is 5.42. The van der Waals surface area contributed by atoms with Crippen molar-refractivity contribution in [3.63, 3.8) is 0 Å². The van der Waals surface area contributed by atoms with Crippen molar-refractivity contribution in [1.82, 2.24) is 0 Å². The van der Waals surface area contributed by atoms with E-state index in [4.69, 9.17) is 0 Å². The molecular formula is C12H22. The maximum atomic E-state index is 2.38. The van der Waals surface area contributed by atoms with Crippen molar-refractivity contribution in [2.24, 2.45) is 5.92 Å². The normalized spacial score (nSPS) is 19.2. The lowest BCUT2D eigenvalue weighted by Crippen LogP contribution is -2.05. The standard InChI is InChI=1S/C12H22/c1-11(2)7-6-10-12-8-4-3-5-9-12/h7,12H,3-6,8-10H2,1-2H3. The minimum absolute atomic E-state index is 1.05. The summed E-state index contributed by atoms with van der Waals surface area (Å²) in [7, 11) is 0. The zero-order chi connectivity index (χ0) is 8.81. The lowest BCUT2D eigenvalue weighted by Gasteiger charge is -2.20. The molecule has 1 saturated carbocycles. The molecular weight excluding hydrogens is 144 g/mol. The summed E-state index contributed by atoms with van der Waals surface area (Å²) in [6.07, 6.45) is 12.6. The van der Waals surface area contributed by atoms with Gasteiger partial charge in [-0.2, -0.15) is 0 Å². The monoisotopic (exact) mass is 166 g/mol. The van der Waals surface area contributed by atoms with Crippen LogP contribution in [0.15, 0.2) is 11.6 Å². The molecule has 1 aliphatic carbocycles. The van der Waals surface area contributed by atoms with Gasteiger partial charge in [0.15, 0.2) is 0 Å². The summed E-state index contributed by atoms with van der Waals surface area (Å²) in [5, 5.41) is 0. The van der Waals surface area contributed by atoms with E-state index in [-0.39, 0.29) is 0 Å². The Morgan fingerprint density at radius 1 is 1.17 bits per heavy atom. The maximum Gasteiger partial charge on any atom is -0.0346 e. The van der Waals surface area contributed by atoms with E-state index >= 15 is 0 Å². The van der Waals surface area contributed by atoms with Crippen molar-refractivity contribution < 1.29 is 0 Å². The summed E-state index contributed by atoms with van der Waals surface area (Å²) in [6, 6.07) is 0. The first kappa shape index (κ1) is 9.83. The molecule has 0 heteroatoms. The molecule has 12 heavy (non-hydrogen) atoms. The minimum atomic E-state index is 1.05. The highest BCUT2D eigenvalue weighted by molar-refractivity contribution is 4.93. The second-order valence-electron chi connectivity index (χ2n) is 4.36. The number of hydrogen-bond donors (Lipinski definition) is 0. The van der Waals surface area contributed by atoms with Crippen LogP contribution in [0.1, 0.15) is 58.8 Å². The fraction of sp³-hybridized carbons (Fsp3) is 0.833. The van der Waals surface area contributed by atoms with Crippen LogP contribution in [0.2, 0.25) is 0 Å². The van der Waals surface area contributed by atoms with Crippen molar-refractivity contribution in [2.75, 3.05) is 0 Å². The summed E-state index contributed by atoms with van der Waals surface area (Å²) in [5.74, 6) is 1.05. The molecule has 0 aromatic heterocycles. The molecule has 0 N–H and O–H groups in total. The van der Waals surface area contributed by atoms with Gasteiger partial charge in [-0.1, -0.05) is 43.8 Å². The lowest BCUT2D eigenvalue weighted by atomic mass is 9.86. The largest absolute Gasteiger partial charge is 0.0859 e. The Morgan fingerprint density at radius 2 is 1.83 bits per heavy atom. The molecule has 0 bridgehead atoms. The smallest absolute Gasteiger partial charge is 0.0346 e. The van der Waals surface area contributed by atoms with Crippen LogP contribution < -0.4 is 0 Å². The summed E-state index contributed by atoms with van der Waals surface area (Å²) in [4.78, 5) is 0.